The van der Waals surface area contributed by atoms with Crippen molar-refractivity contribution >= 4 is 17.1 Å². The summed E-state index contributed by atoms with van der Waals surface area (Å²) in [5.74, 6) is 0.864. The van der Waals surface area contributed by atoms with Crippen LogP contribution in [-0.4, -0.2) is 17.0 Å². The van der Waals surface area contributed by atoms with Crippen molar-refractivity contribution in [3.63, 3.8) is 0 Å². The Hall–Kier alpha value is -2.22. The first-order valence-corrected chi connectivity index (χ1v) is 10.1. The second-order valence-corrected chi connectivity index (χ2v) is 8.79. The van der Waals surface area contributed by atoms with Crippen LogP contribution in [0.4, 0.5) is 5.69 Å². The van der Waals surface area contributed by atoms with E-state index < -0.39 is 0 Å². The first-order valence-electron chi connectivity index (χ1n) is 10.1. The quantitative estimate of drug-likeness (QED) is 0.510. The standard InChI is InChI=1S/C25H32N2/c1-17(2)20-13-10-14-21(18(3)4)24(20)26-23(19-11-8-7-9-12-19)22-15-16-25(5,6)27-22/h7-14,17-18H,15-16H2,1-6H3. The Kier molecular flexibility index (Phi) is 5.64. The van der Waals surface area contributed by atoms with Gasteiger partial charge in [0.25, 0.3) is 0 Å². The van der Waals surface area contributed by atoms with Gasteiger partial charge in [0.15, 0.2) is 0 Å². The molecule has 1 heterocycles. The Bertz CT molecular complexity index is 829. The molecule has 0 bridgehead atoms. The number of hydrogen-bond acceptors (Lipinski definition) is 2. The fourth-order valence-electron chi connectivity index (χ4n) is 3.72. The monoisotopic (exact) mass is 360 g/mol. The first kappa shape index (κ1) is 19.5. The van der Waals surface area contributed by atoms with E-state index in [1.54, 1.807) is 0 Å². The molecule has 0 saturated carbocycles. The number of rotatable bonds is 5. The Morgan fingerprint density at radius 1 is 0.889 bits per heavy atom. The van der Waals surface area contributed by atoms with Crippen LogP contribution in [0.25, 0.3) is 0 Å². The molecule has 0 fully saturated rings. The lowest BCUT2D eigenvalue weighted by molar-refractivity contribution is 0.522. The van der Waals surface area contributed by atoms with Gasteiger partial charge in [-0.05, 0) is 49.7 Å². The van der Waals surface area contributed by atoms with Crippen molar-refractivity contribution in [1.82, 2.24) is 0 Å². The minimum atomic E-state index is 0.00330. The van der Waals surface area contributed by atoms with E-state index in [2.05, 4.69) is 90.1 Å². The van der Waals surface area contributed by atoms with E-state index in [-0.39, 0.29) is 5.54 Å². The molecule has 0 radical (unpaired) electrons. The third kappa shape index (κ3) is 4.37. The van der Waals surface area contributed by atoms with E-state index in [0.29, 0.717) is 11.8 Å². The summed E-state index contributed by atoms with van der Waals surface area (Å²) < 4.78 is 0. The second kappa shape index (κ2) is 7.80. The molecule has 2 heteroatoms. The number of hydrogen-bond donors (Lipinski definition) is 0. The lowest BCUT2D eigenvalue weighted by Gasteiger charge is -2.18. The molecule has 1 aliphatic rings. The molecule has 0 aromatic heterocycles. The number of nitrogens with zero attached hydrogens (tertiary/aromatic N) is 2. The van der Waals surface area contributed by atoms with Crippen molar-refractivity contribution in [3.05, 3.63) is 65.2 Å². The SMILES string of the molecule is CC(C)c1cccc(C(C)C)c1N=C(C1=NC(C)(C)CC1)c1ccccc1. The van der Waals surface area contributed by atoms with Crippen molar-refractivity contribution in [1.29, 1.82) is 0 Å². The van der Waals surface area contributed by atoms with Gasteiger partial charge in [-0.15, -0.1) is 0 Å². The third-order valence-electron chi connectivity index (χ3n) is 5.30. The van der Waals surface area contributed by atoms with Crippen LogP contribution in [0.5, 0.6) is 0 Å². The third-order valence-corrected chi connectivity index (χ3v) is 5.30. The average molecular weight is 361 g/mol. The number of para-hydroxylation sites is 1. The highest BCUT2D eigenvalue weighted by Gasteiger charge is 2.28. The van der Waals surface area contributed by atoms with Crippen LogP contribution < -0.4 is 0 Å². The zero-order valence-electron chi connectivity index (χ0n) is 17.6. The highest BCUT2D eigenvalue weighted by Crippen LogP contribution is 2.36. The van der Waals surface area contributed by atoms with Crippen LogP contribution in [0.3, 0.4) is 0 Å². The molecule has 0 saturated heterocycles. The molecule has 2 nitrogen and oxygen atoms in total. The van der Waals surface area contributed by atoms with Crippen molar-refractivity contribution in [2.24, 2.45) is 9.98 Å². The molecule has 3 rings (SSSR count). The maximum absolute atomic E-state index is 5.30. The molecule has 0 aliphatic carbocycles. The molecular formula is C25H32N2. The molecule has 0 amide bonds. The van der Waals surface area contributed by atoms with Gasteiger partial charge in [-0.3, -0.25) is 4.99 Å². The normalized spacial score (nSPS) is 16.9. The number of aliphatic imine (C=N–C) groups is 2. The van der Waals surface area contributed by atoms with E-state index in [0.717, 1.165) is 35.5 Å². The fourth-order valence-corrected chi connectivity index (χ4v) is 3.72. The smallest absolute Gasteiger partial charge is 0.0919 e. The van der Waals surface area contributed by atoms with Gasteiger partial charge in [0.2, 0.25) is 0 Å². The Labute approximate surface area is 164 Å². The van der Waals surface area contributed by atoms with Gasteiger partial charge in [-0.25, -0.2) is 4.99 Å². The van der Waals surface area contributed by atoms with Gasteiger partial charge < -0.3 is 0 Å². The molecule has 0 atom stereocenters. The highest BCUT2D eigenvalue weighted by molar-refractivity contribution is 6.49. The topological polar surface area (TPSA) is 24.7 Å². The van der Waals surface area contributed by atoms with E-state index in [1.807, 2.05) is 0 Å². The lowest BCUT2D eigenvalue weighted by atomic mass is 9.92. The summed E-state index contributed by atoms with van der Waals surface area (Å²) in [6.45, 7) is 13.4. The predicted octanol–water partition coefficient (Wildman–Crippen LogP) is 7.07. The van der Waals surface area contributed by atoms with Crippen molar-refractivity contribution in [2.45, 2.75) is 71.8 Å². The molecule has 0 unspecified atom stereocenters. The van der Waals surface area contributed by atoms with Gasteiger partial charge in [-0.1, -0.05) is 76.2 Å². The molecule has 0 spiro atoms. The highest BCUT2D eigenvalue weighted by atomic mass is 14.9. The summed E-state index contributed by atoms with van der Waals surface area (Å²) >= 11 is 0. The maximum atomic E-state index is 5.30. The van der Waals surface area contributed by atoms with E-state index >= 15 is 0 Å². The summed E-state index contributed by atoms with van der Waals surface area (Å²) in [6, 6.07) is 17.1. The lowest BCUT2D eigenvalue weighted by Crippen LogP contribution is -2.15. The van der Waals surface area contributed by atoms with E-state index in [4.69, 9.17) is 9.98 Å². The maximum Gasteiger partial charge on any atom is 0.0919 e. The predicted molar refractivity (Wildman–Crippen MR) is 118 cm³/mol. The minimum Gasteiger partial charge on any atom is -0.281 e. The molecule has 142 valence electrons. The van der Waals surface area contributed by atoms with Crippen molar-refractivity contribution < 1.29 is 0 Å². The Morgan fingerprint density at radius 2 is 1.48 bits per heavy atom. The Balaban J connectivity index is 2.24. The summed E-state index contributed by atoms with van der Waals surface area (Å²) in [5, 5.41) is 0. The summed E-state index contributed by atoms with van der Waals surface area (Å²) in [4.78, 5) is 10.3. The van der Waals surface area contributed by atoms with Crippen LogP contribution in [0.15, 0.2) is 58.5 Å². The second-order valence-electron chi connectivity index (χ2n) is 8.79. The molecule has 27 heavy (non-hydrogen) atoms. The zero-order chi connectivity index (χ0) is 19.6. The van der Waals surface area contributed by atoms with E-state index in [9.17, 15) is 0 Å². The van der Waals surface area contributed by atoms with Crippen LogP contribution in [0.1, 0.15) is 82.9 Å². The van der Waals surface area contributed by atoms with Gasteiger partial charge in [-0.2, -0.15) is 0 Å². The molecule has 1 aliphatic heterocycles. The number of benzene rings is 2. The molecule has 0 N–H and O–H groups in total. The average Bonchev–Trinajstić information content (AvgIpc) is 2.99. The van der Waals surface area contributed by atoms with Gasteiger partial charge in [0.1, 0.15) is 0 Å². The van der Waals surface area contributed by atoms with Crippen LogP contribution in [0, 0.1) is 0 Å². The van der Waals surface area contributed by atoms with Crippen LogP contribution >= 0.6 is 0 Å². The van der Waals surface area contributed by atoms with Crippen molar-refractivity contribution in [2.75, 3.05) is 0 Å². The van der Waals surface area contributed by atoms with Gasteiger partial charge in [0, 0.05) is 5.56 Å². The van der Waals surface area contributed by atoms with Crippen LogP contribution in [0.2, 0.25) is 0 Å². The Morgan fingerprint density at radius 3 is 1.96 bits per heavy atom. The largest absolute Gasteiger partial charge is 0.281 e. The summed E-state index contributed by atoms with van der Waals surface area (Å²) in [6.07, 6.45) is 2.07. The summed E-state index contributed by atoms with van der Waals surface area (Å²) in [5.41, 5.74) is 7.09. The van der Waals surface area contributed by atoms with Gasteiger partial charge >= 0.3 is 0 Å². The molecular weight excluding hydrogens is 328 g/mol. The summed E-state index contributed by atoms with van der Waals surface area (Å²) in [7, 11) is 0. The van der Waals surface area contributed by atoms with Crippen LogP contribution in [-0.2, 0) is 0 Å². The molecule has 2 aromatic carbocycles. The first-order chi connectivity index (χ1) is 12.8. The van der Waals surface area contributed by atoms with Gasteiger partial charge in [0.05, 0.1) is 22.6 Å². The van der Waals surface area contributed by atoms with Crippen molar-refractivity contribution in [3.8, 4) is 0 Å². The fraction of sp³-hybridized carbons (Fsp3) is 0.440. The zero-order valence-corrected chi connectivity index (χ0v) is 17.6. The van der Waals surface area contributed by atoms with E-state index in [1.165, 1.54) is 11.1 Å². The minimum absolute atomic E-state index is 0.00330. The molecule has 2 aromatic rings.